The lowest BCUT2D eigenvalue weighted by molar-refractivity contribution is -0.125. The Bertz CT molecular complexity index is 1010. The van der Waals surface area contributed by atoms with Gasteiger partial charge in [0.05, 0.1) is 12.6 Å². The van der Waals surface area contributed by atoms with Crippen LogP contribution in [0.4, 0.5) is 0 Å². The molecule has 0 spiro atoms. The van der Waals surface area contributed by atoms with E-state index in [1.165, 1.54) is 18.4 Å². The van der Waals surface area contributed by atoms with Gasteiger partial charge < -0.3 is 14.8 Å². The Morgan fingerprint density at radius 2 is 1.24 bits per heavy atom. The molecule has 0 aliphatic rings. The second-order valence-corrected chi connectivity index (χ2v) is 9.68. The summed E-state index contributed by atoms with van der Waals surface area (Å²) in [5, 5.41) is 3.12. The number of nitrogens with zero attached hydrogens (tertiary/aromatic N) is 1. The number of likely N-dealkylation sites (N-methyl/N-ethyl adjacent to an activating group) is 1. The van der Waals surface area contributed by atoms with Gasteiger partial charge in [0.25, 0.3) is 0 Å². The first-order valence-electron chi connectivity index (χ1n) is 13.5. The molecule has 0 saturated heterocycles. The third-order valence-electron chi connectivity index (χ3n) is 6.41. The van der Waals surface area contributed by atoms with Gasteiger partial charge in [0.2, 0.25) is 5.91 Å². The Morgan fingerprint density at radius 3 is 1.86 bits per heavy atom. The highest BCUT2D eigenvalue weighted by molar-refractivity contribution is 5.82. The van der Waals surface area contributed by atoms with Gasteiger partial charge in [-0.05, 0) is 68.8 Å². The van der Waals surface area contributed by atoms with Gasteiger partial charge in [-0.2, -0.15) is 0 Å². The summed E-state index contributed by atoms with van der Waals surface area (Å²) in [6.07, 6.45) is 7.47. The molecule has 198 valence electrons. The molecule has 3 aromatic rings. The van der Waals surface area contributed by atoms with Crippen LogP contribution in [0.5, 0.6) is 11.5 Å². The largest absolute Gasteiger partial charge is 0.494 e. The number of hydrogen-bond donors (Lipinski definition) is 1. The normalized spacial score (nSPS) is 11.8. The molecular weight excluding hydrogens is 460 g/mol. The van der Waals surface area contributed by atoms with Crippen molar-refractivity contribution in [2.45, 2.75) is 57.6 Å². The molecule has 1 amide bonds. The molecule has 5 nitrogen and oxygen atoms in total. The third kappa shape index (κ3) is 11.1. The number of unbranched alkanes of at least 4 members (excludes halogenated alkanes) is 5. The van der Waals surface area contributed by atoms with Crippen molar-refractivity contribution in [2.75, 3.05) is 27.2 Å². The predicted octanol–water partition coefficient (Wildman–Crippen LogP) is 6.27. The van der Waals surface area contributed by atoms with E-state index in [4.69, 9.17) is 9.47 Å². The molecule has 1 atom stereocenters. The summed E-state index contributed by atoms with van der Waals surface area (Å²) >= 11 is 0. The second kappa shape index (κ2) is 16.4. The molecule has 3 aromatic carbocycles. The summed E-state index contributed by atoms with van der Waals surface area (Å²) in [6.45, 7) is 2.04. The molecule has 5 heteroatoms. The van der Waals surface area contributed by atoms with Crippen LogP contribution in [0.2, 0.25) is 0 Å². The number of ether oxygens (including phenoxy) is 2. The Balaban J connectivity index is 1.18. The van der Waals surface area contributed by atoms with Crippen molar-refractivity contribution in [1.82, 2.24) is 10.2 Å². The highest BCUT2D eigenvalue weighted by Crippen LogP contribution is 2.19. The summed E-state index contributed by atoms with van der Waals surface area (Å²) in [4.78, 5) is 14.6. The van der Waals surface area contributed by atoms with Crippen LogP contribution in [-0.4, -0.2) is 44.1 Å². The van der Waals surface area contributed by atoms with Gasteiger partial charge in [-0.15, -0.1) is 0 Å². The van der Waals surface area contributed by atoms with Crippen LogP contribution in [0.1, 0.15) is 49.7 Å². The quantitative estimate of drug-likeness (QED) is 0.221. The van der Waals surface area contributed by atoms with E-state index in [9.17, 15) is 4.79 Å². The van der Waals surface area contributed by atoms with Crippen LogP contribution in [0, 0.1) is 0 Å². The zero-order chi connectivity index (χ0) is 26.1. The van der Waals surface area contributed by atoms with Gasteiger partial charge >= 0.3 is 0 Å². The number of amides is 1. The summed E-state index contributed by atoms with van der Waals surface area (Å²) in [6, 6.07) is 28.1. The van der Waals surface area contributed by atoms with Gasteiger partial charge in [0.15, 0.2) is 0 Å². The van der Waals surface area contributed by atoms with E-state index in [1.807, 2.05) is 79.7 Å². The highest BCUT2D eigenvalue weighted by atomic mass is 16.5. The van der Waals surface area contributed by atoms with E-state index in [-0.39, 0.29) is 11.9 Å². The maximum atomic E-state index is 12.6. The molecule has 3 rings (SSSR count). The van der Waals surface area contributed by atoms with Crippen molar-refractivity contribution in [2.24, 2.45) is 0 Å². The van der Waals surface area contributed by atoms with Crippen LogP contribution < -0.4 is 14.8 Å². The van der Waals surface area contributed by atoms with Gasteiger partial charge in [-0.1, -0.05) is 86.3 Å². The molecule has 0 aliphatic carbocycles. The molecule has 37 heavy (non-hydrogen) atoms. The number of benzene rings is 3. The molecule has 0 radical (unpaired) electrons. The molecule has 0 saturated carbocycles. The fourth-order valence-electron chi connectivity index (χ4n) is 4.17. The lowest BCUT2D eigenvalue weighted by Crippen LogP contribution is -2.45. The number of nitrogens with one attached hydrogen (secondary N) is 1. The summed E-state index contributed by atoms with van der Waals surface area (Å²) in [5.74, 6) is 1.84. The van der Waals surface area contributed by atoms with Crippen molar-refractivity contribution < 1.29 is 14.3 Å². The topological polar surface area (TPSA) is 50.8 Å². The van der Waals surface area contributed by atoms with Gasteiger partial charge in [0.1, 0.15) is 18.1 Å². The minimum Gasteiger partial charge on any atom is -0.494 e. The van der Waals surface area contributed by atoms with Gasteiger partial charge in [-0.3, -0.25) is 9.69 Å². The Morgan fingerprint density at radius 1 is 0.703 bits per heavy atom. The van der Waals surface area contributed by atoms with Crippen molar-refractivity contribution in [3.05, 3.63) is 96.1 Å². The van der Waals surface area contributed by atoms with Crippen LogP contribution in [-0.2, 0) is 17.8 Å². The molecule has 0 fully saturated rings. The maximum absolute atomic E-state index is 12.6. The fourth-order valence-corrected chi connectivity index (χ4v) is 4.17. The Labute approximate surface area is 222 Å². The van der Waals surface area contributed by atoms with Crippen LogP contribution in [0.3, 0.4) is 0 Å². The zero-order valence-corrected chi connectivity index (χ0v) is 22.4. The molecule has 0 heterocycles. The molecular formula is C32H42N2O3. The lowest BCUT2D eigenvalue weighted by Gasteiger charge is -2.23. The maximum Gasteiger partial charge on any atom is 0.237 e. The fraction of sp³-hybridized carbons (Fsp3) is 0.406. The minimum atomic E-state index is -0.139. The summed E-state index contributed by atoms with van der Waals surface area (Å²) in [7, 11) is 3.93. The monoisotopic (exact) mass is 502 g/mol. The average Bonchev–Trinajstić information content (AvgIpc) is 2.93. The number of carbonyl (C=O) groups is 1. The number of carbonyl (C=O) groups excluding carboxylic acids is 1. The van der Waals surface area contributed by atoms with E-state index in [2.05, 4.69) is 29.6 Å². The summed E-state index contributed by atoms with van der Waals surface area (Å²) < 4.78 is 11.7. The first-order valence-corrected chi connectivity index (χ1v) is 13.5. The molecule has 0 bridgehead atoms. The van der Waals surface area contributed by atoms with Crippen LogP contribution in [0.15, 0.2) is 84.9 Å². The molecule has 0 aromatic heterocycles. The first-order chi connectivity index (χ1) is 18.1. The minimum absolute atomic E-state index is 0.113. The van der Waals surface area contributed by atoms with Crippen LogP contribution in [0.25, 0.3) is 0 Å². The number of rotatable bonds is 17. The van der Waals surface area contributed by atoms with E-state index in [1.54, 1.807) is 0 Å². The number of hydrogen-bond acceptors (Lipinski definition) is 4. The Kier molecular flexibility index (Phi) is 12.6. The van der Waals surface area contributed by atoms with Crippen molar-refractivity contribution in [1.29, 1.82) is 0 Å². The van der Waals surface area contributed by atoms with Crippen LogP contribution >= 0.6 is 0 Å². The SMILES string of the molecule is CN(C)C(Cc1ccccc1)C(=O)NCCCCCCCCOc1ccc(OCc2ccccc2)cc1. The summed E-state index contributed by atoms with van der Waals surface area (Å²) in [5.41, 5.74) is 2.34. The second-order valence-electron chi connectivity index (χ2n) is 9.68. The molecule has 1 unspecified atom stereocenters. The van der Waals surface area contributed by atoms with E-state index in [0.717, 1.165) is 62.3 Å². The van der Waals surface area contributed by atoms with Gasteiger partial charge in [0, 0.05) is 6.54 Å². The van der Waals surface area contributed by atoms with E-state index < -0.39 is 0 Å². The average molecular weight is 503 g/mol. The predicted molar refractivity (Wildman–Crippen MR) is 151 cm³/mol. The van der Waals surface area contributed by atoms with Crippen molar-refractivity contribution >= 4 is 5.91 Å². The van der Waals surface area contributed by atoms with Crippen molar-refractivity contribution in [3.63, 3.8) is 0 Å². The highest BCUT2D eigenvalue weighted by Gasteiger charge is 2.20. The third-order valence-corrected chi connectivity index (χ3v) is 6.41. The zero-order valence-electron chi connectivity index (χ0n) is 22.4. The van der Waals surface area contributed by atoms with Crippen molar-refractivity contribution in [3.8, 4) is 11.5 Å². The molecule has 1 N–H and O–H groups in total. The molecule has 0 aliphatic heterocycles. The Hall–Kier alpha value is -3.31. The standard InChI is InChI=1S/C32H42N2O3/c1-34(2)31(25-27-15-9-7-10-16-27)32(35)33-23-13-5-3-4-6-14-24-36-29-19-21-30(22-20-29)37-26-28-17-11-8-12-18-28/h7-12,15-22,31H,3-6,13-14,23-26H2,1-2H3,(H,33,35). The lowest BCUT2D eigenvalue weighted by atomic mass is 10.0. The van der Waals surface area contributed by atoms with E-state index >= 15 is 0 Å². The smallest absolute Gasteiger partial charge is 0.237 e. The van der Waals surface area contributed by atoms with E-state index in [0.29, 0.717) is 6.61 Å². The first kappa shape index (κ1) is 28.3. The van der Waals surface area contributed by atoms with Gasteiger partial charge in [-0.25, -0.2) is 0 Å².